The Bertz CT molecular complexity index is 227. The van der Waals surface area contributed by atoms with Crippen molar-refractivity contribution in [1.82, 2.24) is 4.90 Å². The van der Waals surface area contributed by atoms with Gasteiger partial charge >= 0.3 is 0 Å². The molecule has 0 radical (unpaired) electrons. The van der Waals surface area contributed by atoms with Crippen LogP contribution in [-0.2, 0) is 0 Å². The monoisotopic (exact) mass is 209 g/mol. The topological polar surface area (TPSA) is 23.5 Å². The average molecular weight is 209 g/mol. The molecule has 2 heteroatoms. The molecule has 1 saturated heterocycles. The van der Waals surface area contributed by atoms with Crippen molar-refractivity contribution >= 4 is 0 Å². The molecule has 3 fully saturated rings. The Morgan fingerprint density at radius 2 is 1.53 bits per heavy atom. The van der Waals surface area contributed by atoms with Crippen LogP contribution < -0.4 is 0 Å². The molecule has 1 aliphatic heterocycles. The second-order valence-corrected chi connectivity index (χ2v) is 5.70. The Hall–Kier alpha value is -0.0800. The van der Waals surface area contributed by atoms with Gasteiger partial charge in [0.15, 0.2) is 0 Å². The molecule has 0 amide bonds. The van der Waals surface area contributed by atoms with Crippen molar-refractivity contribution in [3.8, 4) is 0 Å². The Labute approximate surface area is 92.7 Å². The molecule has 0 bridgehead atoms. The van der Waals surface area contributed by atoms with Crippen LogP contribution in [0.1, 0.15) is 51.4 Å². The van der Waals surface area contributed by atoms with Gasteiger partial charge in [0.05, 0.1) is 6.10 Å². The maximum absolute atomic E-state index is 10.0. The van der Waals surface area contributed by atoms with E-state index in [0.29, 0.717) is 6.04 Å². The van der Waals surface area contributed by atoms with Crippen molar-refractivity contribution in [2.75, 3.05) is 6.54 Å². The van der Waals surface area contributed by atoms with E-state index in [1.807, 2.05) is 0 Å². The van der Waals surface area contributed by atoms with Crippen LogP contribution >= 0.6 is 0 Å². The standard InChI is InChI=1S/C13H23NO/c15-13-8-2-7-12(13)14-9-3-5-10-4-1-6-11(10)14/h10-13,15H,1-9H2/t10?,11?,12-,13-/m0/s1. The van der Waals surface area contributed by atoms with Gasteiger partial charge in [0, 0.05) is 12.1 Å². The molecule has 15 heavy (non-hydrogen) atoms. The molecule has 2 unspecified atom stereocenters. The minimum atomic E-state index is -0.0238. The number of fused-ring (bicyclic) bond motifs is 1. The first kappa shape index (κ1) is 10.1. The number of aliphatic hydroxyl groups excluding tert-OH is 1. The zero-order chi connectivity index (χ0) is 10.3. The predicted molar refractivity (Wildman–Crippen MR) is 60.7 cm³/mol. The second-order valence-electron chi connectivity index (χ2n) is 5.70. The molecule has 86 valence electrons. The van der Waals surface area contributed by atoms with Crippen LogP contribution in [0, 0.1) is 5.92 Å². The van der Waals surface area contributed by atoms with Gasteiger partial charge in [-0.05, 0) is 57.4 Å². The molecule has 1 N–H and O–H groups in total. The van der Waals surface area contributed by atoms with E-state index in [0.717, 1.165) is 18.4 Å². The minimum absolute atomic E-state index is 0.0238. The van der Waals surface area contributed by atoms with Crippen LogP contribution in [0.4, 0.5) is 0 Å². The number of aliphatic hydroxyl groups is 1. The molecule has 0 aromatic heterocycles. The summed E-state index contributed by atoms with van der Waals surface area (Å²) in [6.45, 7) is 1.25. The van der Waals surface area contributed by atoms with Crippen LogP contribution in [0.2, 0.25) is 0 Å². The fourth-order valence-corrected chi connectivity index (χ4v) is 4.21. The van der Waals surface area contributed by atoms with E-state index in [2.05, 4.69) is 4.90 Å². The second kappa shape index (κ2) is 4.06. The highest BCUT2D eigenvalue weighted by atomic mass is 16.3. The summed E-state index contributed by atoms with van der Waals surface area (Å²) in [4.78, 5) is 2.68. The Balaban J connectivity index is 1.73. The molecule has 3 rings (SSSR count). The minimum Gasteiger partial charge on any atom is -0.391 e. The van der Waals surface area contributed by atoms with Gasteiger partial charge in [0.1, 0.15) is 0 Å². The van der Waals surface area contributed by atoms with Crippen molar-refractivity contribution < 1.29 is 5.11 Å². The zero-order valence-electron chi connectivity index (χ0n) is 9.57. The molecule has 3 aliphatic rings. The number of piperidine rings is 1. The van der Waals surface area contributed by atoms with Gasteiger partial charge in [-0.15, -0.1) is 0 Å². The molecule has 2 nitrogen and oxygen atoms in total. The van der Waals surface area contributed by atoms with Crippen LogP contribution in [0.25, 0.3) is 0 Å². The van der Waals surface area contributed by atoms with E-state index < -0.39 is 0 Å². The third kappa shape index (κ3) is 1.72. The van der Waals surface area contributed by atoms with Crippen LogP contribution in [-0.4, -0.2) is 34.7 Å². The largest absolute Gasteiger partial charge is 0.391 e. The third-order valence-electron chi connectivity index (χ3n) is 4.91. The summed E-state index contributed by atoms with van der Waals surface area (Å²) in [5.41, 5.74) is 0. The van der Waals surface area contributed by atoms with Crippen LogP contribution in [0.5, 0.6) is 0 Å². The van der Waals surface area contributed by atoms with Crippen molar-refractivity contribution in [2.24, 2.45) is 5.92 Å². The van der Waals surface area contributed by atoms with Gasteiger partial charge in [0.25, 0.3) is 0 Å². The highest BCUT2D eigenvalue weighted by molar-refractivity contribution is 4.95. The van der Waals surface area contributed by atoms with Gasteiger partial charge in [-0.1, -0.05) is 6.42 Å². The molecule has 2 aliphatic carbocycles. The Kier molecular flexibility index (Phi) is 2.73. The summed E-state index contributed by atoms with van der Waals surface area (Å²) in [6.07, 6.45) is 10.6. The predicted octanol–water partition coefficient (Wildman–Crippen LogP) is 2.16. The van der Waals surface area contributed by atoms with Gasteiger partial charge in [-0.2, -0.15) is 0 Å². The Morgan fingerprint density at radius 3 is 2.33 bits per heavy atom. The van der Waals surface area contributed by atoms with Crippen molar-refractivity contribution in [2.45, 2.75) is 69.6 Å². The first-order chi connectivity index (χ1) is 7.36. The fourth-order valence-electron chi connectivity index (χ4n) is 4.21. The van der Waals surface area contributed by atoms with E-state index in [9.17, 15) is 5.11 Å². The summed E-state index contributed by atoms with van der Waals surface area (Å²) in [5, 5.41) is 10.0. The quantitative estimate of drug-likeness (QED) is 0.715. The van der Waals surface area contributed by atoms with E-state index in [1.165, 1.54) is 51.5 Å². The van der Waals surface area contributed by atoms with Gasteiger partial charge in [-0.25, -0.2) is 0 Å². The molecular formula is C13H23NO. The Morgan fingerprint density at radius 1 is 0.800 bits per heavy atom. The maximum Gasteiger partial charge on any atom is 0.0695 e. The summed E-state index contributed by atoms with van der Waals surface area (Å²) in [5.74, 6) is 0.964. The summed E-state index contributed by atoms with van der Waals surface area (Å²) >= 11 is 0. The van der Waals surface area contributed by atoms with E-state index >= 15 is 0 Å². The SMILES string of the molecule is O[C@H]1CCC[C@@H]1N1CCCC2CCCC21. The highest BCUT2D eigenvalue weighted by Crippen LogP contribution is 2.40. The lowest BCUT2D eigenvalue weighted by Gasteiger charge is -2.42. The number of rotatable bonds is 1. The summed E-state index contributed by atoms with van der Waals surface area (Å²) in [6, 6.07) is 1.34. The fraction of sp³-hybridized carbons (Fsp3) is 1.00. The molecule has 2 saturated carbocycles. The molecule has 0 aromatic rings. The molecule has 0 aromatic carbocycles. The summed E-state index contributed by atoms with van der Waals surface area (Å²) in [7, 11) is 0. The van der Waals surface area contributed by atoms with Gasteiger partial charge in [-0.3, -0.25) is 4.90 Å². The highest BCUT2D eigenvalue weighted by Gasteiger charge is 2.41. The molecule has 4 atom stereocenters. The number of hydrogen-bond acceptors (Lipinski definition) is 2. The van der Waals surface area contributed by atoms with Gasteiger partial charge < -0.3 is 5.11 Å². The smallest absolute Gasteiger partial charge is 0.0695 e. The normalized spacial score (nSPS) is 47.0. The summed E-state index contributed by atoms with van der Waals surface area (Å²) < 4.78 is 0. The zero-order valence-corrected chi connectivity index (χ0v) is 9.57. The lowest BCUT2D eigenvalue weighted by Crippen LogP contribution is -2.51. The first-order valence-corrected chi connectivity index (χ1v) is 6.80. The number of nitrogens with zero attached hydrogens (tertiary/aromatic N) is 1. The van der Waals surface area contributed by atoms with Gasteiger partial charge in [0.2, 0.25) is 0 Å². The first-order valence-electron chi connectivity index (χ1n) is 6.80. The number of likely N-dealkylation sites (tertiary alicyclic amines) is 1. The van der Waals surface area contributed by atoms with Crippen molar-refractivity contribution in [3.05, 3.63) is 0 Å². The van der Waals surface area contributed by atoms with E-state index in [4.69, 9.17) is 0 Å². The van der Waals surface area contributed by atoms with Crippen LogP contribution in [0.3, 0.4) is 0 Å². The number of hydrogen-bond donors (Lipinski definition) is 1. The van der Waals surface area contributed by atoms with Crippen molar-refractivity contribution in [3.63, 3.8) is 0 Å². The molecule has 0 spiro atoms. The lowest BCUT2D eigenvalue weighted by atomic mass is 9.90. The van der Waals surface area contributed by atoms with Crippen molar-refractivity contribution in [1.29, 1.82) is 0 Å². The molecular weight excluding hydrogens is 186 g/mol. The maximum atomic E-state index is 10.0. The third-order valence-corrected chi connectivity index (χ3v) is 4.91. The lowest BCUT2D eigenvalue weighted by molar-refractivity contribution is 0.0107. The van der Waals surface area contributed by atoms with E-state index in [1.54, 1.807) is 0 Å². The average Bonchev–Trinajstić information content (AvgIpc) is 2.85. The van der Waals surface area contributed by atoms with E-state index in [-0.39, 0.29) is 6.10 Å². The molecule has 1 heterocycles. The van der Waals surface area contributed by atoms with Crippen LogP contribution in [0.15, 0.2) is 0 Å².